The number of amidine groups is 1. The number of aromatic nitrogens is 1. The van der Waals surface area contributed by atoms with E-state index in [9.17, 15) is 16.8 Å². The molecule has 1 aliphatic rings. The van der Waals surface area contributed by atoms with Gasteiger partial charge in [-0.1, -0.05) is 18.2 Å². The Labute approximate surface area is 193 Å². The summed E-state index contributed by atoms with van der Waals surface area (Å²) in [5.74, 6) is -0.0452. The van der Waals surface area contributed by atoms with Crippen molar-refractivity contribution >= 4 is 47.4 Å². The number of aliphatic imine (C=N–C) groups is 1. The molecule has 4 rings (SSSR count). The van der Waals surface area contributed by atoms with E-state index in [1.165, 1.54) is 23.5 Å². The van der Waals surface area contributed by atoms with Gasteiger partial charge in [0, 0.05) is 25.2 Å². The van der Waals surface area contributed by atoms with E-state index in [1.54, 1.807) is 12.1 Å². The minimum absolute atomic E-state index is 0.0189. The lowest BCUT2D eigenvalue weighted by Crippen LogP contribution is -2.31. The SMILES string of the molecule is NCCNS(=O)(=O)c1ccc(-c2cccc3sc(CN)nc23)c(C2=NCN=N2)c1S(N)(=O)=O. The largest absolute Gasteiger partial charge is 0.329 e. The second-order valence-corrected chi connectivity index (χ2v) is 11.2. The minimum atomic E-state index is -4.56. The number of primary sulfonamides is 1. The highest BCUT2D eigenvalue weighted by Crippen LogP contribution is 2.38. The smallest absolute Gasteiger partial charge is 0.241 e. The lowest BCUT2D eigenvalue weighted by molar-refractivity contribution is 0.573. The molecule has 0 atom stereocenters. The zero-order chi connectivity index (χ0) is 23.8. The Morgan fingerprint density at radius 1 is 1.06 bits per heavy atom. The molecule has 174 valence electrons. The van der Waals surface area contributed by atoms with E-state index in [-0.39, 0.29) is 37.7 Å². The van der Waals surface area contributed by atoms with Gasteiger partial charge in [-0.15, -0.1) is 16.5 Å². The van der Waals surface area contributed by atoms with Gasteiger partial charge in [0.2, 0.25) is 20.0 Å². The topological polar surface area (TPSA) is 208 Å². The van der Waals surface area contributed by atoms with Gasteiger partial charge < -0.3 is 11.5 Å². The summed E-state index contributed by atoms with van der Waals surface area (Å²) in [6, 6.07) is 8.04. The Balaban J connectivity index is 2.11. The summed E-state index contributed by atoms with van der Waals surface area (Å²) in [5.41, 5.74) is 12.6. The molecule has 15 heteroatoms. The summed E-state index contributed by atoms with van der Waals surface area (Å²) in [6.45, 7) is 0.133. The number of rotatable bonds is 8. The molecule has 7 N–H and O–H groups in total. The Kier molecular flexibility index (Phi) is 6.37. The molecular formula is C18H20N8O4S3. The average molecular weight is 509 g/mol. The van der Waals surface area contributed by atoms with E-state index in [4.69, 9.17) is 16.6 Å². The third kappa shape index (κ3) is 4.43. The zero-order valence-electron chi connectivity index (χ0n) is 17.1. The Morgan fingerprint density at radius 3 is 2.48 bits per heavy atom. The first-order valence-corrected chi connectivity index (χ1v) is 13.4. The van der Waals surface area contributed by atoms with Crippen molar-refractivity contribution in [3.63, 3.8) is 0 Å². The molecule has 0 aliphatic carbocycles. The number of thiazole rings is 1. The van der Waals surface area contributed by atoms with Crippen molar-refractivity contribution in [2.24, 2.45) is 31.8 Å². The average Bonchev–Trinajstić information content (AvgIpc) is 3.45. The van der Waals surface area contributed by atoms with E-state index in [0.29, 0.717) is 21.7 Å². The third-order valence-electron chi connectivity index (χ3n) is 4.73. The first kappa shape index (κ1) is 23.5. The second kappa shape index (κ2) is 8.94. The molecular weight excluding hydrogens is 488 g/mol. The number of fused-ring (bicyclic) bond motifs is 1. The van der Waals surface area contributed by atoms with Crippen LogP contribution in [0.1, 0.15) is 10.6 Å². The monoisotopic (exact) mass is 508 g/mol. The fraction of sp³-hybridized carbons (Fsp3) is 0.222. The number of nitrogens with zero attached hydrogens (tertiary/aromatic N) is 4. The van der Waals surface area contributed by atoms with Gasteiger partial charge in [-0.3, -0.25) is 0 Å². The maximum Gasteiger partial charge on any atom is 0.241 e. The van der Waals surface area contributed by atoms with E-state index in [1.807, 2.05) is 6.07 Å². The van der Waals surface area contributed by atoms with Crippen molar-refractivity contribution < 1.29 is 16.8 Å². The molecule has 0 bridgehead atoms. The molecule has 0 unspecified atom stereocenters. The maximum absolute atomic E-state index is 12.9. The van der Waals surface area contributed by atoms with Crippen LogP contribution in [0.5, 0.6) is 0 Å². The Morgan fingerprint density at radius 2 is 1.85 bits per heavy atom. The van der Waals surface area contributed by atoms with Crippen molar-refractivity contribution in [2.45, 2.75) is 16.3 Å². The first-order valence-electron chi connectivity index (χ1n) is 9.58. The van der Waals surface area contributed by atoms with Crippen molar-refractivity contribution in [3.8, 4) is 11.1 Å². The molecule has 0 saturated heterocycles. The van der Waals surface area contributed by atoms with Crippen LogP contribution in [0.15, 0.2) is 55.3 Å². The van der Waals surface area contributed by atoms with Crippen LogP contribution in [0.2, 0.25) is 0 Å². The number of para-hydroxylation sites is 1. The van der Waals surface area contributed by atoms with Crippen LogP contribution in [-0.2, 0) is 26.6 Å². The van der Waals surface area contributed by atoms with Gasteiger partial charge in [0.05, 0.1) is 15.8 Å². The van der Waals surface area contributed by atoms with Crippen LogP contribution in [-0.4, -0.2) is 47.4 Å². The van der Waals surface area contributed by atoms with Crippen LogP contribution in [0, 0.1) is 0 Å². The van der Waals surface area contributed by atoms with Crippen molar-refractivity contribution in [1.82, 2.24) is 9.71 Å². The lowest BCUT2D eigenvalue weighted by Gasteiger charge is -2.17. The maximum atomic E-state index is 12.9. The molecule has 12 nitrogen and oxygen atoms in total. The molecule has 2 aromatic carbocycles. The molecule has 0 fully saturated rings. The summed E-state index contributed by atoms with van der Waals surface area (Å²) >= 11 is 1.40. The van der Waals surface area contributed by atoms with Crippen LogP contribution < -0.4 is 21.3 Å². The first-order chi connectivity index (χ1) is 15.7. The van der Waals surface area contributed by atoms with Crippen molar-refractivity contribution in [2.75, 3.05) is 19.8 Å². The van der Waals surface area contributed by atoms with Gasteiger partial charge in [0.1, 0.15) is 14.8 Å². The summed E-state index contributed by atoms with van der Waals surface area (Å²) in [5, 5.41) is 14.0. The minimum Gasteiger partial charge on any atom is -0.329 e. The van der Waals surface area contributed by atoms with Crippen LogP contribution >= 0.6 is 11.3 Å². The molecule has 3 aromatic rings. The Hall–Kier alpha value is -2.66. The van der Waals surface area contributed by atoms with Crippen molar-refractivity contribution in [3.05, 3.63) is 40.9 Å². The van der Waals surface area contributed by atoms with Gasteiger partial charge in [-0.05, 0) is 17.7 Å². The lowest BCUT2D eigenvalue weighted by atomic mass is 9.98. The highest BCUT2D eigenvalue weighted by Gasteiger charge is 2.33. The second-order valence-electron chi connectivity index (χ2n) is 6.88. The predicted molar refractivity (Wildman–Crippen MR) is 125 cm³/mol. The summed E-state index contributed by atoms with van der Waals surface area (Å²) in [6.07, 6.45) is 0. The zero-order valence-corrected chi connectivity index (χ0v) is 19.5. The molecule has 0 saturated carbocycles. The molecule has 1 aliphatic heterocycles. The number of hydrogen-bond acceptors (Lipinski definition) is 11. The van der Waals surface area contributed by atoms with Crippen molar-refractivity contribution in [1.29, 1.82) is 0 Å². The van der Waals surface area contributed by atoms with Gasteiger partial charge in [0.25, 0.3) is 0 Å². The van der Waals surface area contributed by atoms with E-state index >= 15 is 0 Å². The number of nitrogens with one attached hydrogen (secondary N) is 1. The van der Waals surface area contributed by atoms with Crippen LogP contribution in [0.3, 0.4) is 0 Å². The highest BCUT2D eigenvalue weighted by atomic mass is 32.2. The van der Waals surface area contributed by atoms with Gasteiger partial charge in [-0.25, -0.2) is 36.7 Å². The summed E-state index contributed by atoms with van der Waals surface area (Å²) < 4.78 is 54.4. The number of nitrogens with two attached hydrogens (primary N) is 3. The van der Waals surface area contributed by atoms with E-state index in [2.05, 4.69) is 24.9 Å². The fourth-order valence-electron chi connectivity index (χ4n) is 3.43. The standard InChI is InChI=1S/C18H20N8O4S3/c19-6-7-24-33(29,30)13-5-4-10(11-2-1-3-12-16(11)25-14(8-20)31-12)15(17(13)32(21,27)28)18-22-9-23-26-18/h1-5,24H,6-9,19-20H2,(H2,21,27,28). The molecule has 33 heavy (non-hydrogen) atoms. The number of hydrogen-bond donors (Lipinski definition) is 4. The number of sulfonamides is 2. The molecule has 0 spiro atoms. The van der Waals surface area contributed by atoms with E-state index < -0.39 is 29.8 Å². The van der Waals surface area contributed by atoms with Crippen LogP contribution in [0.25, 0.3) is 21.3 Å². The molecule has 0 amide bonds. The van der Waals surface area contributed by atoms with Gasteiger partial charge >= 0.3 is 0 Å². The highest BCUT2D eigenvalue weighted by molar-refractivity contribution is 7.92. The third-order valence-corrected chi connectivity index (χ3v) is 8.40. The van der Waals surface area contributed by atoms with Crippen LogP contribution in [0.4, 0.5) is 0 Å². The molecule has 1 aromatic heterocycles. The number of benzene rings is 2. The van der Waals surface area contributed by atoms with E-state index in [0.717, 1.165) is 4.70 Å². The molecule has 0 radical (unpaired) electrons. The summed E-state index contributed by atoms with van der Waals surface area (Å²) in [4.78, 5) is 7.53. The van der Waals surface area contributed by atoms with Gasteiger partial charge in [0.15, 0.2) is 12.5 Å². The quantitative estimate of drug-likeness (QED) is 0.338. The van der Waals surface area contributed by atoms with Gasteiger partial charge in [-0.2, -0.15) is 5.11 Å². The number of azo groups is 1. The molecule has 2 heterocycles. The predicted octanol–water partition coefficient (Wildman–Crippen LogP) is 0.476. The fourth-order valence-corrected chi connectivity index (χ4v) is 6.95. The summed E-state index contributed by atoms with van der Waals surface area (Å²) in [7, 11) is -8.84. The normalized spacial score (nSPS) is 14.2. The Bertz CT molecular complexity index is 1510.